The second-order valence-corrected chi connectivity index (χ2v) is 6.70. The average molecular weight is 381 g/mol. The van der Waals surface area contributed by atoms with Crippen LogP contribution in [0.15, 0.2) is 48.7 Å². The van der Waals surface area contributed by atoms with Gasteiger partial charge in [-0.25, -0.2) is 4.39 Å². The van der Waals surface area contributed by atoms with Crippen molar-refractivity contribution < 1.29 is 9.18 Å². The van der Waals surface area contributed by atoms with Gasteiger partial charge in [0.2, 0.25) is 0 Å². The van der Waals surface area contributed by atoms with E-state index in [1.807, 2.05) is 18.3 Å². The van der Waals surface area contributed by atoms with E-state index in [1.165, 1.54) is 17.0 Å². The normalized spacial score (nSPS) is 13.4. The van der Waals surface area contributed by atoms with Crippen LogP contribution in [0.5, 0.6) is 0 Å². The molecule has 0 unspecified atom stereocenters. The lowest BCUT2D eigenvalue weighted by Crippen LogP contribution is -2.38. The van der Waals surface area contributed by atoms with Crippen LogP contribution < -0.4 is 4.90 Å². The molecule has 1 amide bonds. The first-order valence-electron chi connectivity index (χ1n) is 8.38. The van der Waals surface area contributed by atoms with Gasteiger partial charge in [-0.1, -0.05) is 29.8 Å². The van der Waals surface area contributed by atoms with Crippen molar-refractivity contribution in [3.05, 3.63) is 81.9 Å². The van der Waals surface area contributed by atoms with Crippen molar-refractivity contribution in [3.63, 3.8) is 0 Å². The molecule has 27 heavy (non-hydrogen) atoms. The Balaban J connectivity index is 1.62. The molecule has 0 fully saturated rings. The Hall–Kier alpha value is -3.17. The summed E-state index contributed by atoms with van der Waals surface area (Å²) in [7, 11) is 0. The number of aromatic nitrogens is 2. The molecule has 4 rings (SSSR count). The number of halogens is 2. The molecule has 2 heterocycles. The number of rotatable bonds is 3. The molecule has 3 aromatic rings. The molecule has 0 saturated heterocycles. The van der Waals surface area contributed by atoms with E-state index in [2.05, 4.69) is 11.2 Å². The van der Waals surface area contributed by atoms with E-state index in [9.17, 15) is 9.18 Å². The van der Waals surface area contributed by atoms with Crippen LogP contribution >= 0.6 is 11.6 Å². The number of hydrogen-bond donors (Lipinski definition) is 0. The lowest BCUT2D eigenvalue weighted by atomic mass is 10.1. The molecule has 7 heteroatoms. The van der Waals surface area contributed by atoms with Crippen LogP contribution in [-0.2, 0) is 13.0 Å². The van der Waals surface area contributed by atoms with Crippen LogP contribution in [0, 0.1) is 17.1 Å². The number of benzene rings is 2. The molecule has 5 nitrogen and oxygen atoms in total. The summed E-state index contributed by atoms with van der Waals surface area (Å²) in [6.07, 6.45) is 2.41. The third kappa shape index (κ3) is 3.18. The van der Waals surface area contributed by atoms with Crippen LogP contribution in [0.1, 0.15) is 27.2 Å². The zero-order valence-corrected chi connectivity index (χ0v) is 14.9. The van der Waals surface area contributed by atoms with E-state index in [0.717, 1.165) is 11.1 Å². The maximum Gasteiger partial charge on any atom is 0.279 e. The number of nitrogens with zero attached hydrogens (tertiary/aromatic N) is 4. The highest BCUT2D eigenvalue weighted by Gasteiger charge is 2.30. The lowest BCUT2D eigenvalue weighted by molar-refractivity contribution is 0.0974. The Kier molecular flexibility index (Phi) is 4.38. The van der Waals surface area contributed by atoms with Gasteiger partial charge in [-0.15, -0.1) is 0 Å². The van der Waals surface area contributed by atoms with Gasteiger partial charge in [0.25, 0.3) is 5.91 Å². The topological polar surface area (TPSA) is 61.9 Å². The molecule has 1 aromatic heterocycles. The van der Waals surface area contributed by atoms with Gasteiger partial charge >= 0.3 is 0 Å². The van der Waals surface area contributed by atoms with Gasteiger partial charge in [-0.2, -0.15) is 10.4 Å². The fraction of sp³-hybridized carbons (Fsp3) is 0.150. The molecule has 0 aliphatic carbocycles. The van der Waals surface area contributed by atoms with Crippen molar-refractivity contribution in [2.45, 2.75) is 13.0 Å². The number of hydrogen-bond acceptors (Lipinski definition) is 3. The second-order valence-electron chi connectivity index (χ2n) is 6.29. The Morgan fingerprint density at radius 1 is 1.26 bits per heavy atom. The first kappa shape index (κ1) is 17.3. The molecule has 0 bridgehead atoms. The molecule has 0 spiro atoms. The summed E-state index contributed by atoms with van der Waals surface area (Å²) in [5.74, 6) is -0.953. The van der Waals surface area contributed by atoms with Gasteiger partial charge in [-0.3, -0.25) is 9.48 Å². The minimum atomic E-state index is -0.608. The van der Waals surface area contributed by atoms with Gasteiger partial charge in [0.1, 0.15) is 0 Å². The minimum absolute atomic E-state index is 0.0194. The van der Waals surface area contributed by atoms with E-state index < -0.39 is 5.82 Å². The van der Waals surface area contributed by atoms with E-state index in [1.54, 1.807) is 22.9 Å². The highest BCUT2D eigenvalue weighted by molar-refractivity contribution is 6.31. The monoisotopic (exact) mass is 380 g/mol. The zero-order valence-electron chi connectivity index (χ0n) is 14.2. The number of carbonyl (C=O) groups excluding carboxylic acids is 1. The molecule has 0 N–H and O–H groups in total. The van der Waals surface area contributed by atoms with Gasteiger partial charge in [0.05, 0.1) is 28.9 Å². The summed E-state index contributed by atoms with van der Waals surface area (Å²) < 4.78 is 16.0. The van der Waals surface area contributed by atoms with E-state index >= 15 is 0 Å². The summed E-state index contributed by atoms with van der Waals surface area (Å²) >= 11 is 5.84. The van der Waals surface area contributed by atoms with E-state index in [-0.39, 0.29) is 16.6 Å². The highest BCUT2D eigenvalue weighted by Crippen LogP contribution is 2.29. The van der Waals surface area contributed by atoms with Gasteiger partial charge in [0, 0.05) is 18.3 Å². The number of anilines is 1. The van der Waals surface area contributed by atoms with Crippen LogP contribution in [0.25, 0.3) is 0 Å². The Bertz CT molecular complexity index is 1090. The quantitative estimate of drug-likeness (QED) is 0.694. The maximum atomic E-state index is 14.3. The van der Waals surface area contributed by atoms with Crippen LogP contribution in [0.4, 0.5) is 10.1 Å². The molecule has 1 aliphatic rings. The predicted molar refractivity (Wildman–Crippen MR) is 99.3 cm³/mol. The molecule has 1 aliphatic heterocycles. The van der Waals surface area contributed by atoms with Crippen molar-refractivity contribution in [3.8, 4) is 6.07 Å². The van der Waals surface area contributed by atoms with Gasteiger partial charge in [-0.05, 0) is 36.2 Å². The molecule has 0 saturated carbocycles. The number of amides is 1. The van der Waals surface area contributed by atoms with Crippen molar-refractivity contribution in [2.24, 2.45) is 0 Å². The van der Waals surface area contributed by atoms with E-state index in [4.69, 9.17) is 16.9 Å². The fourth-order valence-corrected chi connectivity index (χ4v) is 3.39. The summed E-state index contributed by atoms with van der Waals surface area (Å²) in [5.41, 5.74) is 2.80. The average Bonchev–Trinajstić information content (AvgIpc) is 3.08. The Labute approximate surface area is 160 Å². The third-order valence-electron chi connectivity index (χ3n) is 4.51. The molecule has 0 atom stereocenters. The third-order valence-corrected chi connectivity index (χ3v) is 4.80. The predicted octanol–water partition coefficient (Wildman–Crippen LogP) is 3.80. The smallest absolute Gasteiger partial charge is 0.279 e. The minimum Gasteiger partial charge on any atom is -0.304 e. The SMILES string of the molecule is N#Cc1cccc(Cn2cc3c(n2)C(=O)N(c2cccc(Cl)c2F)CC3)c1. The Morgan fingerprint density at radius 3 is 2.89 bits per heavy atom. The van der Waals surface area contributed by atoms with Crippen molar-refractivity contribution in [2.75, 3.05) is 11.4 Å². The van der Waals surface area contributed by atoms with Crippen LogP contribution in [0.3, 0.4) is 0 Å². The van der Waals surface area contributed by atoms with Gasteiger partial charge in [0.15, 0.2) is 11.5 Å². The van der Waals surface area contributed by atoms with Crippen molar-refractivity contribution in [1.82, 2.24) is 9.78 Å². The largest absolute Gasteiger partial charge is 0.304 e. The number of fused-ring (bicyclic) bond motifs is 1. The molecular formula is C20H14ClFN4O. The number of nitriles is 1. The standard InChI is InChI=1S/C20H14ClFN4O/c21-16-5-2-6-17(18(16)22)26-8-7-15-12-25(24-19(15)20(26)27)11-14-4-1-3-13(9-14)10-23/h1-6,9,12H,7-8,11H2. The Morgan fingerprint density at radius 2 is 2.07 bits per heavy atom. The first-order chi connectivity index (χ1) is 13.1. The summed E-state index contributed by atoms with van der Waals surface area (Å²) in [6.45, 7) is 0.806. The van der Waals surface area contributed by atoms with Crippen LogP contribution in [-0.4, -0.2) is 22.2 Å². The van der Waals surface area contributed by atoms with Gasteiger partial charge < -0.3 is 4.90 Å². The molecule has 0 radical (unpaired) electrons. The molecular weight excluding hydrogens is 367 g/mol. The second kappa shape index (κ2) is 6.86. The molecule has 134 valence electrons. The fourth-order valence-electron chi connectivity index (χ4n) is 3.23. The maximum absolute atomic E-state index is 14.3. The van der Waals surface area contributed by atoms with E-state index in [0.29, 0.717) is 30.8 Å². The van der Waals surface area contributed by atoms with Crippen molar-refractivity contribution >= 4 is 23.2 Å². The number of carbonyl (C=O) groups is 1. The zero-order chi connectivity index (χ0) is 19.0. The molecule has 2 aromatic carbocycles. The summed E-state index contributed by atoms with van der Waals surface area (Å²) in [4.78, 5) is 14.2. The van der Waals surface area contributed by atoms with Crippen molar-refractivity contribution in [1.29, 1.82) is 5.26 Å². The van der Waals surface area contributed by atoms with Crippen LogP contribution in [0.2, 0.25) is 5.02 Å². The summed E-state index contributed by atoms with van der Waals surface area (Å²) in [5, 5.41) is 13.4. The first-order valence-corrected chi connectivity index (χ1v) is 8.76. The highest BCUT2D eigenvalue weighted by atomic mass is 35.5. The summed E-state index contributed by atoms with van der Waals surface area (Å²) in [6, 6.07) is 13.9. The lowest BCUT2D eigenvalue weighted by Gasteiger charge is -2.26.